The number of hydrogen-bond acceptors (Lipinski definition) is 9. The Morgan fingerprint density at radius 1 is 0.850 bits per heavy atom. The number of morpholine rings is 1. The van der Waals surface area contributed by atoms with Crippen LogP contribution in [0, 0.1) is 0 Å². The zero-order valence-electron chi connectivity index (χ0n) is 22.6. The fourth-order valence-electron chi connectivity index (χ4n) is 4.57. The summed E-state index contributed by atoms with van der Waals surface area (Å²) in [5.74, 6) is 2.44. The van der Waals surface area contributed by atoms with E-state index in [9.17, 15) is 9.59 Å². The molecule has 2 aromatic carbocycles. The van der Waals surface area contributed by atoms with E-state index < -0.39 is 11.4 Å². The van der Waals surface area contributed by atoms with E-state index in [1.54, 1.807) is 32.5 Å². The van der Waals surface area contributed by atoms with Crippen molar-refractivity contribution >= 4 is 11.8 Å². The van der Waals surface area contributed by atoms with Crippen LogP contribution in [-0.4, -0.2) is 59.6 Å². The first-order chi connectivity index (χ1) is 19.6. The molecule has 0 aliphatic carbocycles. The highest BCUT2D eigenvalue weighted by molar-refractivity contribution is 5.48. The van der Waals surface area contributed by atoms with Gasteiger partial charge in [-0.25, -0.2) is 19.1 Å². The Morgan fingerprint density at radius 2 is 1.45 bits per heavy atom. The number of ether oxygens (including phenoxy) is 3. The number of nitrogens with zero attached hydrogens (tertiary/aromatic N) is 5. The molecule has 5 rings (SSSR count). The molecule has 2 aromatic heterocycles. The maximum atomic E-state index is 13.8. The normalized spacial score (nSPS) is 13.2. The lowest BCUT2D eigenvalue weighted by Crippen LogP contribution is -2.43. The fourth-order valence-corrected chi connectivity index (χ4v) is 4.57. The number of benzene rings is 2. The van der Waals surface area contributed by atoms with Crippen LogP contribution in [0.2, 0.25) is 0 Å². The summed E-state index contributed by atoms with van der Waals surface area (Å²) >= 11 is 0. The van der Waals surface area contributed by atoms with E-state index in [0.717, 1.165) is 40.2 Å². The minimum absolute atomic E-state index is 0.0847. The third kappa shape index (κ3) is 6.15. The molecule has 0 unspecified atom stereocenters. The molecule has 1 aliphatic rings. The molecular formula is C29H32N6O5. The molecule has 40 heavy (non-hydrogen) atoms. The molecule has 0 amide bonds. The van der Waals surface area contributed by atoms with Gasteiger partial charge in [0, 0.05) is 31.4 Å². The van der Waals surface area contributed by atoms with Crippen molar-refractivity contribution < 1.29 is 14.2 Å². The highest BCUT2D eigenvalue weighted by Gasteiger charge is 2.18. The Balaban J connectivity index is 1.48. The number of anilines is 2. The largest absolute Gasteiger partial charge is 0.497 e. The first-order valence-electron chi connectivity index (χ1n) is 13.0. The van der Waals surface area contributed by atoms with Crippen molar-refractivity contribution in [1.82, 2.24) is 19.1 Å². The van der Waals surface area contributed by atoms with Gasteiger partial charge in [-0.2, -0.15) is 4.98 Å². The third-order valence-corrected chi connectivity index (χ3v) is 6.76. The Labute approximate surface area is 231 Å². The molecule has 0 radical (unpaired) electrons. The highest BCUT2D eigenvalue weighted by atomic mass is 16.5. The molecule has 1 aliphatic heterocycles. The Bertz CT molecular complexity index is 1540. The minimum Gasteiger partial charge on any atom is -0.497 e. The van der Waals surface area contributed by atoms with E-state index in [0.29, 0.717) is 31.3 Å². The molecule has 0 spiro atoms. The molecule has 0 bridgehead atoms. The monoisotopic (exact) mass is 544 g/mol. The summed E-state index contributed by atoms with van der Waals surface area (Å²) in [6.07, 6.45) is 1.76. The van der Waals surface area contributed by atoms with Gasteiger partial charge in [0.25, 0.3) is 0 Å². The SMILES string of the molecule is COc1ccc(Cn2c(NCc3cccnc3N3CCOCC3)nc(=O)n(Cc3ccc(OC)cc3)c2=O)cc1. The van der Waals surface area contributed by atoms with E-state index in [-0.39, 0.29) is 19.0 Å². The fraction of sp³-hybridized carbons (Fsp3) is 0.310. The summed E-state index contributed by atoms with van der Waals surface area (Å²) < 4.78 is 18.6. The maximum Gasteiger partial charge on any atom is 0.355 e. The lowest BCUT2D eigenvalue weighted by atomic mass is 10.2. The first kappa shape index (κ1) is 26.9. The Kier molecular flexibility index (Phi) is 8.41. The molecule has 1 saturated heterocycles. The topological polar surface area (TPSA) is 113 Å². The smallest absolute Gasteiger partial charge is 0.355 e. The van der Waals surface area contributed by atoms with Gasteiger partial charge in [0.15, 0.2) is 0 Å². The zero-order valence-corrected chi connectivity index (χ0v) is 22.6. The molecule has 3 heterocycles. The molecule has 208 valence electrons. The van der Waals surface area contributed by atoms with Crippen molar-refractivity contribution in [2.24, 2.45) is 0 Å². The standard InChI is InChI=1S/C29H32N6O5/c1-38-24-9-5-21(6-10-24)19-34-27(31-18-23-4-3-13-30-26(23)33-14-16-40-17-15-33)32-28(36)35(29(34)37)20-22-7-11-25(39-2)12-8-22/h3-13H,14-20H2,1-2H3,(H,31,32,36). The van der Waals surface area contributed by atoms with Crippen molar-refractivity contribution in [3.8, 4) is 11.5 Å². The lowest BCUT2D eigenvalue weighted by Gasteiger charge is -2.29. The summed E-state index contributed by atoms with van der Waals surface area (Å²) in [6, 6.07) is 18.5. The minimum atomic E-state index is -0.631. The van der Waals surface area contributed by atoms with Crippen molar-refractivity contribution in [2.75, 3.05) is 50.7 Å². The predicted molar refractivity (Wildman–Crippen MR) is 152 cm³/mol. The quantitative estimate of drug-likeness (QED) is 0.322. The van der Waals surface area contributed by atoms with E-state index in [2.05, 4.69) is 20.2 Å². The summed E-state index contributed by atoms with van der Waals surface area (Å²) in [4.78, 5) is 37.9. The maximum absolute atomic E-state index is 13.8. The second-order valence-electron chi connectivity index (χ2n) is 9.31. The van der Waals surface area contributed by atoms with Crippen LogP contribution in [0.3, 0.4) is 0 Å². The lowest BCUT2D eigenvalue weighted by molar-refractivity contribution is 0.122. The second-order valence-corrected chi connectivity index (χ2v) is 9.31. The predicted octanol–water partition coefficient (Wildman–Crippen LogP) is 2.36. The molecule has 1 fully saturated rings. The molecular weight excluding hydrogens is 512 g/mol. The van der Waals surface area contributed by atoms with Gasteiger partial charge in [-0.3, -0.25) is 4.57 Å². The van der Waals surface area contributed by atoms with Gasteiger partial charge in [-0.1, -0.05) is 30.3 Å². The second kappa shape index (κ2) is 12.5. The van der Waals surface area contributed by atoms with Crippen LogP contribution in [0.1, 0.15) is 16.7 Å². The van der Waals surface area contributed by atoms with Crippen LogP contribution in [-0.2, 0) is 24.4 Å². The number of hydrogen-bond donors (Lipinski definition) is 1. The summed E-state index contributed by atoms with van der Waals surface area (Å²) in [5.41, 5.74) is 1.47. The molecule has 1 N–H and O–H groups in total. The van der Waals surface area contributed by atoms with Gasteiger partial charge in [-0.05, 0) is 41.5 Å². The van der Waals surface area contributed by atoms with E-state index >= 15 is 0 Å². The highest BCUT2D eigenvalue weighted by Crippen LogP contribution is 2.20. The van der Waals surface area contributed by atoms with E-state index in [1.807, 2.05) is 48.5 Å². The van der Waals surface area contributed by atoms with Gasteiger partial charge in [0.2, 0.25) is 5.95 Å². The summed E-state index contributed by atoms with van der Waals surface area (Å²) in [6.45, 7) is 3.39. The van der Waals surface area contributed by atoms with Crippen LogP contribution in [0.4, 0.5) is 11.8 Å². The van der Waals surface area contributed by atoms with Gasteiger partial charge in [0.05, 0.1) is 40.5 Å². The van der Waals surface area contributed by atoms with Crippen molar-refractivity contribution in [2.45, 2.75) is 19.6 Å². The molecule has 0 atom stereocenters. The van der Waals surface area contributed by atoms with Crippen LogP contribution in [0.15, 0.2) is 76.4 Å². The van der Waals surface area contributed by atoms with Crippen LogP contribution in [0.25, 0.3) is 0 Å². The number of aromatic nitrogens is 4. The molecule has 4 aromatic rings. The van der Waals surface area contributed by atoms with Crippen molar-refractivity contribution in [3.63, 3.8) is 0 Å². The van der Waals surface area contributed by atoms with Gasteiger partial charge < -0.3 is 24.4 Å². The van der Waals surface area contributed by atoms with Gasteiger partial charge in [0.1, 0.15) is 17.3 Å². The first-order valence-corrected chi connectivity index (χ1v) is 13.0. The van der Waals surface area contributed by atoms with E-state index in [1.165, 1.54) is 4.57 Å². The summed E-state index contributed by atoms with van der Waals surface area (Å²) in [5, 5.41) is 3.24. The van der Waals surface area contributed by atoms with Gasteiger partial charge in [-0.15, -0.1) is 0 Å². The van der Waals surface area contributed by atoms with Crippen LogP contribution < -0.4 is 31.1 Å². The Morgan fingerprint density at radius 3 is 2.05 bits per heavy atom. The van der Waals surface area contributed by atoms with Crippen LogP contribution in [0.5, 0.6) is 11.5 Å². The number of rotatable bonds is 10. The number of methoxy groups -OCH3 is 2. The van der Waals surface area contributed by atoms with Crippen molar-refractivity contribution in [3.05, 3.63) is 105 Å². The molecule has 0 saturated carbocycles. The number of pyridine rings is 1. The average Bonchev–Trinajstić information content (AvgIpc) is 3.01. The van der Waals surface area contributed by atoms with Crippen LogP contribution >= 0.6 is 0 Å². The third-order valence-electron chi connectivity index (χ3n) is 6.76. The average molecular weight is 545 g/mol. The molecule has 11 heteroatoms. The molecule has 11 nitrogen and oxygen atoms in total. The van der Waals surface area contributed by atoms with Crippen molar-refractivity contribution in [1.29, 1.82) is 0 Å². The zero-order chi connectivity index (χ0) is 27.9. The van der Waals surface area contributed by atoms with E-state index in [4.69, 9.17) is 14.2 Å². The Hall–Kier alpha value is -4.64. The number of nitrogens with one attached hydrogen (secondary N) is 1. The van der Waals surface area contributed by atoms with Gasteiger partial charge >= 0.3 is 11.4 Å². The summed E-state index contributed by atoms with van der Waals surface area (Å²) in [7, 11) is 3.19.